The van der Waals surface area contributed by atoms with Gasteiger partial charge < -0.3 is 9.13 Å². The van der Waals surface area contributed by atoms with Crippen LogP contribution in [0.1, 0.15) is 83.5 Å². The highest BCUT2D eigenvalue weighted by atomic mass is 19.4. The molecule has 0 atom stereocenters. The number of aryl methyl sites for hydroxylation is 12. The Bertz CT molecular complexity index is 4230. The van der Waals surface area contributed by atoms with Gasteiger partial charge in [0, 0.05) is 32.7 Å². The first-order valence-electron chi connectivity index (χ1n) is 28.2. The first-order valence-corrected chi connectivity index (χ1v) is 28.2. The lowest BCUT2D eigenvalue weighted by Gasteiger charge is -2.26. The maximum Gasteiger partial charge on any atom is 0.417 e. The molecule has 0 unspecified atom stereocenters. The lowest BCUT2D eigenvalue weighted by Crippen LogP contribution is -2.16. The molecule has 10 aromatic carbocycles. The van der Waals surface area contributed by atoms with Crippen LogP contribution in [0.2, 0.25) is 0 Å². The summed E-state index contributed by atoms with van der Waals surface area (Å²) in [5.74, 6) is 0. The molecule has 2 heterocycles. The normalized spacial score (nSPS) is 12.2. The van der Waals surface area contributed by atoms with Crippen LogP contribution in [0.3, 0.4) is 0 Å². The van der Waals surface area contributed by atoms with E-state index >= 15 is 26.3 Å². The van der Waals surface area contributed by atoms with Gasteiger partial charge in [-0.1, -0.05) is 125 Å². The van der Waals surface area contributed by atoms with E-state index in [9.17, 15) is 5.26 Å². The van der Waals surface area contributed by atoms with Gasteiger partial charge in [-0.15, -0.1) is 0 Å². The summed E-state index contributed by atoms with van der Waals surface area (Å²) in [4.78, 5) is 0. The van der Waals surface area contributed by atoms with Crippen molar-refractivity contribution < 1.29 is 26.3 Å². The Hall–Kier alpha value is -9.13. The number of fused-ring (bicyclic) bond motifs is 6. The maximum atomic E-state index is 16.4. The van der Waals surface area contributed by atoms with Crippen molar-refractivity contribution in [3.05, 3.63) is 235 Å². The van der Waals surface area contributed by atoms with Crippen LogP contribution in [0, 0.1) is 94.4 Å². The van der Waals surface area contributed by atoms with Gasteiger partial charge in [0.05, 0.1) is 56.2 Å². The quantitative estimate of drug-likeness (QED) is 0.146. The van der Waals surface area contributed by atoms with Gasteiger partial charge in [-0.3, -0.25) is 0 Å². The third-order valence-electron chi connectivity index (χ3n) is 17.0. The molecule has 3 nitrogen and oxygen atoms in total. The smallest absolute Gasteiger partial charge is 0.308 e. The van der Waals surface area contributed by atoms with Crippen LogP contribution >= 0.6 is 0 Å². The topological polar surface area (TPSA) is 33.6 Å². The van der Waals surface area contributed by atoms with Gasteiger partial charge in [0.15, 0.2) is 0 Å². The van der Waals surface area contributed by atoms with Gasteiger partial charge in [0.25, 0.3) is 0 Å². The number of alkyl halides is 6. The summed E-state index contributed by atoms with van der Waals surface area (Å²) in [7, 11) is 0. The lowest BCUT2D eigenvalue weighted by atomic mass is 9.89. The second-order valence-corrected chi connectivity index (χ2v) is 23.4. The summed E-state index contributed by atoms with van der Waals surface area (Å²) in [6, 6.07) is 48.4. The average molecular weight is 1120 g/mol. The third kappa shape index (κ3) is 9.15. The van der Waals surface area contributed by atoms with Crippen LogP contribution in [0.4, 0.5) is 26.3 Å². The molecule has 2 aromatic heterocycles. The molecule has 84 heavy (non-hydrogen) atoms. The van der Waals surface area contributed by atoms with Crippen LogP contribution in [0.15, 0.2) is 152 Å². The summed E-state index contributed by atoms with van der Waals surface area (Å²) < 4.78 is 102. The molecule has 0 radical (unpaired) electrons. The molecule has 0 amide bonds. The summed E-state index contributed by atoms with van der Waals surface area (Å²) in [5.41, 5.74) is 17.1. The minimum atomic E-state index is -5.29. The predicted octanol–water partition coefficient (Wildman–Crippen LogP) is 21.8. The van der Waals surface area contributed by atoms with Gasteiger partial charge in [-0.25, -0.2) is 0 Å². The zero-order chi connectivity index (χ0) is 59.7. The molecule has 0 spiro atoms. The van der Waals surface area contributed by atoms with E-state index in [-0.39, 0.29) is 22.5 Å². The van der Waals surface area contributed by atoms with Crippen molar-refractivity contribution in [2.45, 2.75) is 95.4 Å². The number of hydrogen-bond donors (Lipinski definition) is 0. The fourth-order valence-electron chi connectivity index (χ4n) is 14.3. The SMILES string of the molecule is Cc1cc(C)c(-c2ccc3c4ccc(-c5c(C)cc(C)cc5C)cc4n(-c4cc(C#N)cc(-n5c6cc(-c7c(C)cc(C)cc7C)ccc6c6ccc(-c7c(C)cc(C)cc7C)cc65)c4-c4c(C(F)(F)F)cccc4C(F)(F)F)c3c2)c(C)c1. The molecule has 0 saturated carbocycles. The number of hydrogen-bond acceptors (Lipinski definition) is 1. The zero-order valence-corrected chi connectivity index (χ0v) is 49.0. The van der Waals surface area contributed by atoms with Crippen molar-refractivity contribution in [2.24, 2.45) is 0 Å². The molecule has 12 rings (SSSR count). The number of benzene rings is 10. The van der Waals surface area contributed by atoms with Gasteiger partial charge in [-0.2, -0.15) is 31.6 Å². The van der Waals surface area contributed by atoms with E-state index < -0.39 is 29.0 Å². The van der Waals surface area contributed by atoms with Crippen LogP contribution in [0.5, 0.6) is 0 Å². The van der Waals surface area contributed by atoms with Crippen LogP contribution in [0.25, 0.3) is 111 Å². The first-order chi connectivity index (χ1) is 39.8. The zero-order valence-electron chi connectivity index (χ0n) is 49.0. The Morgan fingerprint density at radius 1 is 0.310 bits per heavy atom. The molecule has 0 N–H and O–H groups in total. The number of nitrogens with zero attached hydrogens (tertiary/aromatic N) is 3. The minimum Gasteiger partial charge on any atom is -0.308 e. The predicted molar refractivity (Wildman–Crippen MR) is 334 cm³/mol. The summed E-state index contributed by atoms with van der Waals surface area (Å²) in [6.45, 7) is 24.4. The molecule has 0 aliphatic carbocycles. The molecule has 0 fully saturated rings. The molecule has 12 aromatic rings. The molecule has 0 aliphatic heterocycles. The van der Waals surface area contributed by atoms with Crippen LogP contribution in [-0.2, 0) is 12.4 Å². The van der Waals surface area contributed by atoms with Gasteiger partial charge in [0.1, 0.15) is 0 Å². The number of rotatable bonds is 7. The van der Waals surface area contributed by atoms with Crippen molar-refractivity contribution in [2.75, 3.05) is 0 Å². The number of halogens is 6. The van der Waals surface area contributed by atoms with Gasteiger partial charge >= 0.3 is 12.4 Å². The minimum absolute atomic E-state index is 0.0253. The molecule has 9 heteroatoms. The van der Waals surface area contributed by atoms with E-state index in [1.807, 2.05) is 165 Å². The molecule has 0 bridgehead atoms. The van der Waals surface area contributed by atoms with Gasteiger partial charge in [0.2, 0.25) is 0 Å². The molecule has 0 saturated heterocycles. The Labute approximate surface area is 485 Å². The Balaban J connectivity index is 1.34. The van der Waals surface area contributed by atoms with E-state index in [1.165, 1.54) is 12.1 Å². The number of aromatic nitrogens is 2. The summed E-state index contributed by atoms with van der Waals surface area (Å²) in [6.07, 6.45) is -10.6. The highest BCUT2D eigenvalue weighted by Gasteiger charge is 2.43. The molecule has 0 aliphatic rings. The highest BCUT2D eigenvalue weighted by molar-refractivity contribution is 6.14. The molecule has 418 valence electrons. The first kappa shape index (κ1) is 55.4. The molecular formula is C75H61F6N3. The lowest BCUT2D eigenvalue weighted by molar-refractivity contribution is -0.142. The maximum absolute atomic E-state index is 16.4. The standard InChI is InChI=1S/C75H61F6N3/c1-39-24-43(5)68(44(6)25-39)52-16-20-56-57-21-17-53(69-45(7)26-40(2)27-46(69)8)35-63(57)83(62(56)34-52)66-32-51(38-82)33-67(73(66)72-60(74(76,77)78)14-13-15-61(72)75(79,80)81)84-64-36-54(70-47(9)28-41(3)29-48(70)10)18-22-58(64)59-23-19-55(37-65(59)84)71-49(11)30-42(4)31-50(71)12/h13-37H,1-12H3. The van der Waals surface area contributed by atoms with E-state index in [1.54, 1.807) is 0 Å². The third-order valence-corrected chi connectivity index (χ3v) is 17.0. The van der Waals surface area contributed by atoms with Crippen molar-refractivity contribution in [3.8, 4) is 73.1 Å². The van der Waals surface area contributed by atoms with E-state index in [0.29, 0.717) is 43.6 Å². The van der Waals surface area contributed by atoms with Crippen molar-refractivity contribution in [3.63, 3.8) is 0 Å². The van der Waals surface area contributed by atoms with Crippen molar-refractivity contribution in [1.29, 1.82) is 5.26 Å². The average Bonchev–Trinajstić information content (AvgIpc) is 1.55. The Morgan fingerprint density at radius 2 is 0.560 bits per heavy atom. The van der Waals surface area contributed by atoms with Crippen LogP contribution < -0.4 is 0 Å². The largest absolute Gasteiger partial charge is 0.417 e. The van der Waals surface area contributed by atoms with E-state index in [2.05, 4.69) is 54.6 Å². The Kier molecular flexibility index (Phi) is 13.2. The highest BCUT2D eigenvalue weighted by Crippen LogP contribution is 2.52. The fourth-order valence-corrected chi connectivity index (χ4v) is 14.3. The second-order valence-electron chi connectivity index (χ2n) is 23.4. The van der Waals surface area contributed by atoms with Gasteiger partial charge in [-0.05, 0) is 221 Å². The van der Waals surface area contributed by atoms with Crippen molar-refractivity contribution in [1.82, 2.24) is 9.13 Å². The summed E-state index contributed by atoms with van der Waals surface area (Å²) in [5, 5.41) is 14.3. The second kappa shape index (κ2) is 20.1. The van der Waals surface area contributed by atoms with Crippen LogP contribution in [-0.4, -0.2) is 9.13 Å². The monoisotopic (exact) mass is 1120 g/mol. The van der Waals surface area contributed by atoms with E-state index in [4.69, 9.17) is 0 Å². The fraction of sp³-hybridized carbons (Fsp3) is 0.187. The Morgan fingerprint density at radius 3 is 0.786 bits per heavy atom. The summed E-state index contributed by atoms with van der Waals surface area (Å²) >= 11 is 0. The number of nitriles is 1. The van der Waals surface area contributed by atoms with E-state index in [0.717, 1.165) is 129 Å². The molecular weight excluding hydrogens is 1060 g/mol. The van der Waals surface area contributed by atoms with Crippen molar-refractivity contribution >= 4 is 43.6 Å².